The quantitative estimate of drug-likeness (QED) is 0.676. The molecule has 5 nitrogen and oxygen atoms in total. The number of carbonyl (C=O) groups excluding carboxylic acids is 1. The molecule has 1 amide bonds. The summed E-state index contributed by atoms with van der Waals surface area (Å²) >= 11 is 0. The van der Waals surface area contributed by atoms with Gasteiger partial charge in [0.25, 0.3) is 0 Å². The minimum Gasteiger partial charge on any atom is -0.497 e. The molecule has 0 heterocycles. The van der Waals surface area contributed by atoms with E-state index in [4.69, 9.17) is 9.47 Å². The second kappa shape index (κ2) is 11.5. The summed E-state index contributed by atoms with van der Waals surface area (Å²) in [5, 5.41) is 5.60. The van der Waals surface area contributed by atoms with E-state index in [1.807, 2.05) is 24.3 Å². The number of nitrogens with one attached hydrogen (secondary N) is 2. The molecule has 0 aliphatic rings. The largest absolute Gasteiger partial charge is 0.497 e. The van der Waals surface area contributed by atoms with Gasteiger partial charge in [-0.05, 0) is 31.2 Å². The number of carbonyl (C=O) groups is 1. The first-order chi connectivity index (χ1) is 9.26. The van der Waals surface area contributed by atoms with E-state index >= 15 is 0 Å². The van der Waals surface area contributed by atoms with Crippen molar-refractivity contribution in [3.63, 3.8) is 0 Å². The Hall–Kier alpha value is -1.30. The zero-order chi connectivity index (χ0) is 13.9. The molecule has 1 aromatic rings. The summed E-state index contributed by atoms with van der Waals surface area (Å²) in [6.45, 7) is 2.20. The van der Waals surface area contributed by atoms with Crippen molar-refractivity contribution in [3.8, 4) is 5.75 Å². The number of methoxy groups -OCH3 is 1. The number of benzene rings is 1. The standard InChI is InChI=1S/C14H22N2O3.ClH/c1-15-10-14(17)16-8-3-9-19-11-12-4-6-13(18-2)7-5-12;/h4-7,15H,3,8-11H2,1-2H3,(H,16,17);1H. The predicted molar refractivity (Wildman–Crippen MR) is 81.5 cm³/mol. The van der Waals surface area contributed by atoms with Gasteiger partial charge in [0.2, 0.25) is 5.91 Å². The monoisotopic (exact) mass is 302 g/mol. The van der Waals surface area contributed by atoms with Crippen LogP contribution in [0, 0.1) is 0 Å². The van der Waals surface area contributed by atoms with Crippen molar-refractivity contribution in [2.75, 3.05) is 33.9 Å². The van der Waals surface area contributed by atoms with Gasteiger partial charge in [-0.15, -0.1) is 12.4 Å². The Kier molecular flexibility index (Phi) is 10.8. The highest BCUT2D eigenvalue weighted by molar-refractivity contribution is 5.85. The van der Waals surface area contributed by atoms with Gasteiger partial charge in [0.15, 0.2) is 0 Å². The maximum absolute atomic E-state index is 11.1. The Balaban J connectivity index is 0.00000361. The summed E-state index contributed by atoms with van der Waals surface area (Å²) in [4.78, 5) is 11.1. The summed E-state index contributed by atoms with van der Waals surface area (Å²) in [7, 11) is 3.39. The van der Waals surface area contributed by atoms with Crippen LogP contribution in [-0.4, -0.2) is 39.8 Å². The molecule has 0 unspecified atom stereocenters. The number of hydrogen-bond donors (Lipinski definition) is 2. The van der Waals surface area contributed by atoms with Gasteiger partial charge < -0.3 is 20.1 Å². The number of amides is 1. The van der Waals surface area contributed by atoms with Crippen molar-refractivity contribution >= 4 is 18.3 Å². The molecule has 1 aromatic carbocycles. The molecule has 0 atom stereocenters. The Morgan fingerprint density at radius 2 is 1.95 bits per heavy atom. The minimum atomic E-state index is 0. The van der Waals surface area contributed by atoms with Crippen LogP contribution >= 0.6 is 12.4 Å². The van der Waals surface area contributed by atoms with E-state index < -0.39 is 0 Å². The first-order valence-electron chi connectivity index (χ1n) is 6.38. The number of hydrogen-bond acceptors (Lipinski definition) is 4. The molecule has 0 radical (unpaired) electrons. The Labute approximate surface area is 126 Å². The van der Waals surface area contributed by atoms with Gasteiger partial charge >= 0.3 is 0 Å². The van der Waals surface area contributed by atoms with E-state index in [1.54, 1.807) is 14.2 Å². The molecular formula is C14H23ClN2O3. The van der Waals surface area contributed by atoms with Gasteiger partial charge in [0, 0.05) is 13.2 Å². The van der Waals surface area contributed by atoms with E-state index in [1.165, 1.54) is 0 Å². The Morgan fingerprint density at radius 1 is 1.25 bits per heavy atom. The third-order valence-corrected chi connectivity index (χ3v) is 2.55. The summed E-state index contributed by atoms with van der Waals surface area (Å²) in [5.41, 5.74) is 1.11. The molecule has 0 bridgehead atoms. The zero-order valence-electron chi connectivity index (χ0n) is 12.0. The van der Waals surface area contributed by atoms with Crippen LogP contribution in [0.1, 0.15) is 12.0 Å². The van der Waals surface area contributed by atoms with Crippen LogP contribution in [0.5, 0.6) is 5.75 Å². The van der Waals surface area contributed by atoms with Gasteiger partial charge in [-0.25, -0.2) is 0 Å². The van der Waals surface area contributed by atoms with Crippen molar-refractivity contribution in [1.82, 2.24) is 10.6 Å². The smallest absolute Gasteiger partial charge is 0.233 e. The van der Waals surface area contributed by atoms with Crippen LogP contribution in [-0.2, 0) is 16.1 Å². The molecule has 0 saturated carbocycles. The lowest BCUT2D eigenvalue weighted by molar-refractivity contribution is -0.120. The SMILES string of the molecule is CNCC(=O)NCCCOCc1ccc(OC)cc1.Cl. The molecule has 0 fully saturated rings. The lowest BCUT2D eigenvalue weighted by atomic mass is 10.2. The Morgan fingerprint density at radius 3 is 2.55 bits per heavy atom. The number of rotatable bonds is 9. The summed E-state index contributed by atoms with van der Waals surface area (Å²) in [6, 6.07) is 7.79. The third-order valence-electron chi connectivity index (χ3n) is 2.55. The van der Waals surface area contributed by atoms with Gasteiger partial charge in [0.1, 0.15) is 5.75 Å². The normalized spacial score (nSPS) is 9.70. The van der Waals surface area contributed by atoms with Crippen molar-refractivity contribution < 1.29 is 14.3 Å². The number of halogens is 1. The lowest BCUT2D eigenvalue weighted by Crippen LogP contribution is -2.33. The molecule has 1 rings (SSSR count). The van der Waals surface area contributed by atoms with Crippen LogP contribution in [0.2, 0.25) is 0 Å². The summed E-state index contributed by atoms with van der Waals surface area (Å²) < 4.78 is 10.6. The average Bonchev–Trinajstić information content (AvgIpc) is 2.43. The fourth-order valence-corrected chi connectivity index (χ4v) is 1.54. The third kappa shape index (κ3) is 7.99. The van der Waals surface area contributed by atoms with Gasteiger partial charge in [-0.3, -0.25) is 4.79 Å². The minimum absolute atomic E-state index is 0. The van der Waals surface area contributed by atoms with Crippen LogP contribution in [0.15, 0.2) is 24.3 Å². The second-order valence-electron chi connectivity index (χ2n) is 4.13. The van der Waals surface area contributed by atoms with Crippen LogP contribution in [0.4, 0.5) is 0 Å². The van der Waals surface area contributed by atoms with E-state index in [-0.39, 0.29) is 18.3 Å². The van der Waals surface area contributed by atoms with E-state index in [2.05, 4.69) is 10.6 Å². The first-order valence-corrected chi connectivity index (χ1v) is 6.38. The van der Waals surface area contributed by atoms with Gasteiger partial charge in [-0.2, -0.15) is 0 Å². The molecule has 0 aliphatic carbocycles. The average molecular weight is 303 g/mol. The van der Waals surface area contributed by atoms with Crippen molar-refractivity contribution in [2.45, 2.75) is 13.0 Å². The molecule has 6 heteroatoms. The molecule has 0 aromatic heterocycles. The fourth-order valence-electron chi connectivity index (χ4n) is 1.54. The highest BCUT2D eigenvalue weighted by Crippen LogP contribution is 2.11. The van der Waals surface area contributed by atoms with E-state index in [0.717, 1.165) is 17.7 Å². The molecular weight excluding hydrogens is 280 g/mol. The maximum Gasteiger partial charge on any atom is 0.233 e. The first kappa shape index (κ1) is 18.7. The van der Waals surface area contributed by atoms with Crippen molar-refractivity contribution in [3.05, 3.63) is 29.8 Å². The highest BCUT2D eigenvalue weighted by atomic mass is 35.5. The number of likely N-dealkylation sites (N-methyl/N-ethyl adjacent to an activating group) is 1. The summed E-state index contributed by atoms with van der Waals surface area (Å²) in [5.74, 6) is 0.855. The van der Waals surface area contributed by atoms with Gasteiger partial charge in [-0.1, -0.05) is 12.1 Å². The van der Waals surface area contributed by atoms with Crippen LogP contribution < -0.4 is 15.4 Å². The van der Waals surface area contributed by atoms with Crippen LogP contribution in [0.3, 0.4) is 0 Å². The van der Waals surface area contributed by atoms with Crippen molar-refractivity contribution in [1.29, 1.82) is 0 Å². The molecule has 0 spiro atoms. The topological polar surface area (TPSA) is 59.6 Å². The zero-order valence-corrected chi connectivity index (χ0v) is 12.8. The van der Waals surface area contributed by atoms with Crippen molar-refractivity contribution in [2.24, 2.45) is 0 Å². The summed E-state index contributed by atoms with van der Waals surface area (Å²) in [6.07, 6.45) is 0.811. The second-order valence-corrected chi connectivity index (χ2v) is 4.13. The molecule has 0 saturated heterocycles. The van der Waals surface area contributed by atoms with E-state index in [9.17, 15) is 4.79 Å². The van der Waals surface area contributed by atoms with E-state index in [0.29, 0.717) is 26.3 Å². The van der Waals surface area contributed by atoms with Gasteiger partial charge in [0.05, 0.1) is 20.3 Å². The Bertz CT molecular complexity index is 371. The maximum atomic E-state index is 11.1. The highest BCUT2D eigenvalue weighted by Gasteiger charge is 1.98. The molecule has 2 N–H and O–H groups in total. The fraction of sp³-hybridized carbons (Fsp3) is 0.500. The number of ether oxygens (including phenoxy) is 2. The lowest BCUT2D eigenvalue weighted by Gasteiger charge is -2.07. The molecule has 20 heavy (non-hydrogen) atoms. The predicted octanol–water partition coefficient (Wildman–Crippen LogP) is 1.36. The molecule has 114 valence electrons. The van der Waals surface area contributed by atoms with Crippen LogP contribution in [0.25, 0.3) is 0 Å². The molecule has 0 aliphatic heterocycles.